The first-order chi connectivity index (χ1) is 18.2. The van der Waals surface area contributed by atoms with Crippen molar-refractivity contribution in [2.45, 2.75) is 38.2 Å². The van der Waals surface area contributed by atoms with Crippen LogP contribution in [0.3, 0.4) is 0 Å². The maximum atomic E-state index is 13.7. The minimum absolute atomic E-state index is 0.194. The Kier molecular flexibility index (Phi) is 5.47. The third-order valence-electron chi connectivity index (χ3n) is 7.03. The molecule has 0 atom stereocenters. The molecule has 5 heterocycles. The minimum Gasteiger partial charge on any atom is -0.489 e. The maximum absolute atomic E-state index is 13.7. The summed E-state index contributed by atoms with van der Waals surface area (Å²) in [5.41, 5.74) is 6.87. The molecule has 37 heavy (non-hydrogen) atoms. The molecule has 5 aromatic heterocycles. The van der Waals surface area contributed by atoms with E-state index in [4.69, 9.17) is 9.72 Å². The van der Waals surface area contributed by atoms with Crippen LogP contribution in [0, 0.1) is 5.13 Å². The largest absolute Gasteiger partial charge is 0.489 e. The highest BCUT2D eigenvalue weighted by Gasteiger charge is 2.18. The van der Waals surface area contributed by atoms with E-state index in [-0.39, 0.29) is 11.2 Å². The lowest BCUT2D eigenvalue weighted by molar-refractivity contribution is 0.154. The molecule has 1 aliphatic rings. The van der Waals surface area contributed by atoms with Crippen LogP contribution in [0.25, 0.3) is 55.0 Å². The summed E-state index contributed by atoms with van der Waals surface area (Å²) in [4.78, 5) is 13.8. The Hall–Kier alpha value is -4.04. The summed E-state index contributed by atoms with van der Waals surface area (Å²) in [6.45, 7) is 0. The van der Waals surface area contributed by atoms with Gasteiger partial charge in [0.1, 0.15) is 17.0 Å². The Morgan fingerprint density at radius 3 is 2.73 bits per heavy atom. The molecule has 1 saturated carbocycles. The van der Waals surface area contributed by atoms with Crippen LogP contribution in [-0.4, -0.2) is 31.3 Å². The summed E-state index contributed by atoms with van der Waals surface area (Å²) < 4.78 is 19.9. The highest BCUT2D eigenvalue weighted by molar-refractivity contribution is 7.14. The fraction of sp³-hybridized carbons (Fsp3) is 0.207. The van der Waals surface area contributed by atoms with Crippen LogP contribution in [0.5, 0.6) is 5.75 Å². The zero-order valence-electron chi connectivity index (χ0n) is 20.0. The summed E-state index contributed by atoms with van der Waals surface area (Å²) in [7, 11) is 0. The lowest BCUT2D eigenvalue weighted by atomic mass is 9.98. The number of thiophene rings is 1. The number of benzene rings is 1. The van der Waals surface area contributed by atoms with Gasteiger partial charge in [0.15, 0.2) is 5.13 Å². The molecule has 6 nitrogen and oxygen atoms in total. The van der Waals surface area contributed by atoms with Gasteiger partial charge in [-0.2, -0.15) is 9.49 Å². The van der Waals surface area contributed by atoms with Crippen LogP contribution in [-0.2, 0) is 0 Å². The van der Waals surface area contributed by atoms with Crippen LogP contribution < -0.4 is 4.74 Å². The quantitative estimate of drug-likeness (QED) is 0.249. The molecular formula is C29H24FN5OS. The topological polar surface area (TPSA) is 79.5 Å². The first-order valence-electron chi connectivity index (χ1n) is 12.6. The van der Waals surface area contributed by atoms with Gasteiger partial charge in [-0.1, -0.05) is 18.6 Å². The van der Waals surface area contributed by atoms with Crippen molar-refractivity contribution in [3.8, 4) is 38.8 Å². The van der Waals surface area contributed by atoms with Crippen molar-refractivity contribution >= 4 is 33.3 Å². The molecule has 0 saturated heterocycles. The number of nitrogens with zero attached hydrogens (tertiary/aromatic N) is 3. The number of H-pyrrole nitrogens is 2. The van der Waals surface area contributed by atoms with Gasteiger partial charge >= 0.3 is 0 Å². The highest BCUT2D eigenvalue weighted by atomic mass is 32.1. The molecule has 1 aliphatic carbocycles. The SMILES string of the molecule is Fc1ccc(-c2cccc3[nH]c(-c4n[nH]c5ccc(-c6cncc(OC7CCCCC7)c6)nc45)cc23)s1. The van der Waals surface area contributed by atoms with E-state index in [0.29, 0.717) is 0 Å². The monoisotopic (exact) mass is 509 g/mol. The molecule has 7 rings (SSSR count). The molecular weight excluding hydrogens is 485 g/mol. The Morgan fingerprint density at radius 2 is 1.86 bits per heavy atom. The number of nitrogens with one attached hydrogen (secondary N) is 2. The lowest BCUT2D eigenvalue weighted by Crippen LogP contribution is -2.19. The third-order valence-corrected chi connectivity index (χ3v) is 7.94. The van der Waals surface area contributed by atoms with Crippen LogP contribution in [0.2, 0.25) is 0 Å². The molecule has 6 aromatic rings. The van der Waals surface area contributed by atoms with Gasteiger partial charge in [0.25, 0.3) is 0 Å². The predicted octanol–water partition coefficient (Wildman–Crippen LogP) is 7.75. The first kappa shape index (κ1) is 22.2. The van der Waals surface area contributed by atoms with E-state index in [0.717, 1.165) is 85.0 Å². The van der Waals surface area contributed by atoms with E-state index in [9.17, 15) is 4.39 Å². The summed E-state index contributed by atoms with van der Waals surface area (Å²) in [6.07, 6.45) is 9.79. The molecule has 0 radical (unpaired) electrons. The second-order valence-electron chi connectivity index (χ2n) is 9.51. The van der Waals surface area contributed by atoms with Crippen LogP contribution in [0.15, 0.2) is 67.0 Å². The van der Waals surface area contributed by atoms with Crippen molar-refractivity contribution in [2.24, 2.45) is 0 Å². The van der Waals surface area contributed by atoms with Gasteiger partial charge < -0.3 is 9.72 Å². The number of rotatable bonds is 5. The number of halogens is 1. The summed E-state index contributed by atoms with van der Waals surface area (Å²) in [6, 6.07) is 17.4. The molecule has 8 heteroatoms. The van der Waals surface area contributed by atoms with Gasteiger partial charge in [0.2, 0.25) is 0 Å². The number of pyridine rings is 2. The van der Waals surface area contributed by atoms with E-state index in [1.54, 1.807) is 6.20 Å². The van der Waals surface area contributed by atoms with Crippen molar-refractivity contribution in [3.63, 3.8) is 0 Å². The highest BCUT2D eigenvalue weighted by Crippen LogP contribution is 2.36. The molecule has 1 fully saturated rings. The van der Waals surface area contributed by atoms with E-state index in [1.165, 1.54) is 25.3 Å². The van der Waals surface area contributed by atoms with Crippen molar-refractivity contribution < 1.29 is 9.13 Å². The number of hydrogen-bond acceptors (Lipinski definition) is 5. The fourth-order valence-corrected chi connectivity index (χ4v) is 5.97. The number of fused-ring (bicyclic) bond motifs is 2. The Bertz CT molecular complexity index is 1730. The minimum atomic E-state index is -0.194. The van der Waals surface area contributed by atoms with Gasteiger partial charge in [-0.3, -0.25) is 10.1 Å². The molecule has 0 spiro atoms. The van der Waals surface area contributed by atoms with Gasteiger partial charge in [0.05, 0.1) is 29.2 Å². The van der Waals surface area contributed by atoms with Crippen LogP contribution in [0.4, 0.5) is 4.39 Å². The molecule has 1 aromatic carbocycles. The Morgan fingerprint density at radius 1 is 0.946 bits per heavy atom. The number of aromatic nitrogens is 5. The van der Waals surface area contributed by atoms with Crippen LogP contribution >= 0.6 is 11.3 Å². The third kappa shape index (κ3) is 4.17. The Labute approximate surface area is 216 Å². The molecule has 0 unspecified atom stereocenters. The van der Waals surface area contributed by atoms with Crippen molar-refractivity contribution in [1.82, 2.24) is 25.1 Å². The molecule has 0 amide bonds. The van der Waals surface area contributed by atoms with Crippen molar-refractivity contribution in [1.29, 1.82) is 0 Å². The van der Waals surface area contributed by atoms with E-state index < -0.39 is 0 Å². The van der Waals surface area contributed by atoms with Gasteiger partial charge in [-0.05, 0) is 68.1 Å². The van der Waals surface area contributed by atoms with E-state index in [1.807, 2.05) is 48.7 Å². The van der Waals surface area contributed by atoms with Crippen LogP contribution in [0.1, 0.15) is 32.1 Å². The van der Waals surface area contributed by atoms with Gasteiger partial charge in [-0.25, -0.2) is 4.98 Å². The number of hydrogen-bond donors (Lipinski definition) is 2. The van der Waals surface area contributed by atoms with Crippen molar-refractivity contribution in [2.75, 3.05) is 0 Å². The van der Waals surface area contributed by atoms with Gasteiger partial charge in [0, 0.05) is 33.1 Å². The Balaban J connectivity index is 1.26. The molecule has 184 valence electrons. The first-order valence-corrected chi connectivity index (χ1v) is 13.4. The smallest absolute Gasteiger partial charge is 0.176 e. The average molecular weight is 510 g/mol. The van der Waals surface area contributed by atoms with E-state index >= 15 is 0 Å². The van der Waals surface area contributed by atoms with Gasteiger partial charge in [-0.15, -0.1) is 11.3 Å². The summed E-state index contributed by atoms with van der Waals surface area (Å²) in [5.74, 6) is 0.784. The zero-order chi connectivity index (χ0) is 24.8. The maximum Gasteiger partial charge on any atom is 0.176 e. The molecule has 0 aliphatic heterocycles. The fourth-order valence-electron chi connectivity index (χ4n) is 5.20. The predicted molar refractivity (Wildman–Crippen MR) is 145 cm³/mol. The number of ether oxygens (including phenoxy) is 1. The molecule has 2 N–H and O–H groups in total. The molecule has 0 bridgehead atoms. The van der Waals surface area contributed by atoms with E-state index in [2.05, 4.69) is 26.2 Å². The summed E-state index contributed by atoms with van der Waals surface area (Å²) >= 11 is 1.15. The average Bonchev–Trinajstić information content (AvgIpc) is 3.66. The van der Waals surface area contributed by atoms with Crippen molar-refractivity contribution in [3.05, 3.63) is 72.1 Å². The number of aromatic amines is 2. The second-order valence-corrected chi connectivity index (χ2v) is 10.5. The normalized spacial score (nSPS) is 14.5. The standard InChI is InChI=1S/C29H24FN5OS/c30-27-12-11-26(37-27)20-7-4-8-23-21(20)14-25(32-23)29-28-24(34-35-29)10-9-22(33-28)17-13-19(16-31-15-17)36-18-5-2-1-3-6-18/h4,7-16,18,32H,1-3,5-6H2,(H,34,35). The lowest BCUT2D eigenvalue weighted by Gasteiger charge is -2.22. The zero-order valence-corrected chi connectivity index (χ0v) is 20.8. The summed E-state index contributed by atoms with van der Waals surface area (Å²) in [5, 5.41) is 8.51. The second kappa shape index (κ2) is 9.12.